The number of halogens is 1. The van der Waals surface area contributed by atoms with E-state index in [4.69, 9.17) is 5.11 Å². The molecule has 2 nitrogen and oxygen atoms in total. The Morgan fingerprint density at radius 2 is 2.08 bits per heavy atom. The van der Waals surface area contributed by atoms with Crippen molar-refractivity contribution in [3.63, 3.8) is 0 Å². The van der Waals surface area contributed by atoms with E-state index in [-0.39, 0.29) is 6.61 Å². The molecule has 0 unspecified atom stereocenters. The molecule has 0 saturated carbocycles. The van der Waals surface area contributed by atoms with Crippen LogP contribution < -0.4 is 0 Å². The first-order valence-corrected chi connectivity index (χ1v) is 4.48. The highest BCUT2D eigenvalue weighted by Gasteiger charge is 2.06. The van der Waals surface area contributed by atoms with Crippen LogP contribution in [0.1, 0.15) is 5.56 Å². The molecule has 1 heterocycles. The molecule has 1 aromatic carbocycles. The van der Waals surface area contributed by atoms with Crippen LogP contribution in [0.15, 0.2) is 28.9 Å². The van der Waals surface area contributed by atoms with E-state index < -0.39 is 0 Å². The predicted molar refractivity (Wildman–Crippen MR) is 51.9 cm³/mol. The summed E-state index contributed by atoms with van der Waals surface area (Å²) in [4.78, 5) is 3.13. The van der Waals surface area contributed by atoms with E-state index in [0.717, 1.165) is 21.1 Å². The molecule has 12 heavy (non-hydrogen) atoms. The minimum absolute atomic E-state index is 0.0601. The van der Waals surface area contributed by atoms with Gasteiger partial charge in [0.05, 0.1) is 11.2 Å². The molecule has 1 aromatic heterocycles. The van der Waals surface area contributed by atoms with Crippen LogP contribution in [-0.4, -0.2) is 10.1 Å². The van der Waals surface area contributed by atoms with Gasteiger partial charge in [-0.3, -0.25) is 0 Å². The molecule has 0 atom stereocenters. The number of fused-ring (bicyclic) bond motifs is 1. The lowest BCUT2D eigenvalue weighted by atomic mass is 10.2. The Morgan fingerprint density at radius 1 is 1.33 bits per heavy atom. The van der Waals surface area contributed by atoms with E-state index >= 15 is 0 Å². The fraction of sp³-hybridized carbons (Fsp3) is 0.111. The molecule has 3 heteroatoms. The minimum atomic E-state index is 0.0601. The maximum Gasteiger partial charge on any atom is 0.0886 e. The Morgan fingerprint density at radius 3 is 2.83 bits per heavy atom. The Labute approximate surface area is 78.3 Å². The van der Waals surface area contributed by atoms with Crippen molar-refractivity contribution in [2.45, 2.75) is 6.61 Å². The van der Waals surface area contributed by atoms with E-state index in [1.165, 1.54) is 0 Å². The van der Waals surface area contributed by atoms with Gasteiger partial charge in [0.2, 0.25) is 0 Å². The number of aliphatic hydroxyl groups excluding tert-OH is 1. The number of aromatic nitrogens is 1. The van der Waals surface area contributed by atoms with Crippen molar-refractivity contribution < 1.29 is 5.11 Å². The molecule has 0 spiro atoms. The molecule has 0 aliphatic heterocycles. The molecule has 0 bridgehead atoms. The number of nitrogens with one attached hydrogen (secondary N) is 1. The van der Waals surface area contributed by atoms with Crippen molar-refractivity contribution in [3.05, 3.63) is 34.4 Å². The summed E-state index contributed by atoms with van der Waals surface area (Å²) in [5.74, 6) is 0. The van der Waals surface area contributed by atoms with Crippen LogP contribution in [0.2, 0.25) is 0 Å². The number of aromatic amines is 1. The van der Waals surface area contributed by atoms with Crippen LogP contribution in [-0.2, 0) is 6.61 Å². The number of hydrogen-bond acceptors (Lipinski definition) is 1. The van der Waals surface area contributed by atoms with Crippen molar-refractivity contribution in [2.24, 2.45) is 0 Å². The third-order valence-electron chi connectivity index (χ3n) is 1.92. The molecule has 0 aliphatic carbocycles. The Balaban J connectivity index is 2.81. The lowest BCUT2D eigenvalue weighted by molar-refractivity contribution is 0.282. The van der Waals surface area contributed by atoms with Crippen LogP contribution in [0.3, 0.4) is 0 Å². The van der Waals surface area contributed by atoms with Gasteiger partial charge in [-0.2, -0.15) is 0 Å². The van der Waals surface area contributed by atoms with Gasteiger partial charge in [-0.25, -0.2) is 0 Å². The monoisotopic (exact) mass is 225 g/mol. The fourth-order valence-corrected chi connectivity index (χ4v) is 1.87. The van der Waals surface area contributed by atoms with Crippen molar-refractivity contribution in [1.29, 1.82) is 0 Å². The molecule has 2 aromatic rings. The largest absolute Gasteiger partial charge is 0.392 e. The van der Waals surface area contributed by atoms with Crippen molar-refractivity contribution >= 4 is 26.8 Å². The molecule has 0 saturated heterocycles. The van der Waals surface area contributed by atoms with Crippen LogP contribution in [0.5, 0.6) is 0 Å². The van der Waals surface area contributed by atoms with Gasteiger partial charge in [-0.1, -0.05) is 18.2 Å². The van der Waals surface area contributed by atoms with Crippen LogP contribution in [0.25, 0.3) is 10.9 Å². The first-order valence-electron chi connectivity index (χ1n) is 3.69. The summed E-state index contributed by atoms with van der Waals surface area (Å²) in [6, 6.07) is 7.90. The van der Waals surface area contributed by atoms with E-state index in [0.29, 0.717) is 0 Å². The van der Waals surface area contributed by atoms with Gasteiger partial charge in [-0.15, -0.1) is 0 Å². The number of rotatable bonds is 1. The second-order valence-corrected chi connectivity index (χ2v) is 3.41. The molecular formula is C9H8BrNO. The lowest BCUT2D eigenvalue weighted by Gasteiger charge is -1.91. The van der Waals surface area contributed by atoms with Gasteiger partial charge < -0.3 is 10.1 Å². The number of hydrogen-bond donors (Lipinski definition) is 2. The summed E-state index contributed by atoms with van der Waals surface area (Å²) in [5.41, 5.74) is 1.97. The van der Waals surface area contributed by atoms with Crippen LogP contribution >= 0.6 is 15.9 Å². The number of aliphatic hydroxyl groups is 1. The molecule has 2 rings (SSSR count). The maximum atomic E-state index is 9.06. The van der Waals surface area contributed by atoms with Gasteiger partial charge in [0.15, 0.2) is 0 Å². The van der Waals surface area contributed by atoms with Gasteiger partial charge in [0, 0.05) is 16.5 Å². The molecule has 0 radical (unpaired) electrons. The highest BCUT2D eigenvalue weighted by molar-refractivity contribution is 9.10. The zero-order chi connectivity index (χ0) is 8.55. The first kappa shape index (κ1) is 7.83. The topological polar surface area (TPSA) is 36.0 Å². The van der Waals surface area contributed by atoms with Crippen molar-refractivity contribution in [3.8, 4) is 0 Å². The molecule has 62 valence electrons. The van der Waals surface area contributed by atoms with Crippen LogP contribution in [0, 0.1) is 0 Å². The van der Waals surface area contributed by atoms with E-state index in [1.54, 1.807) is 0 Å². The van der Waals surface area contributed by atoms with Crippen molar-refractivity contribution in [2.75, 3.05) is 0 Å². The summed E-state index contributed by atoms with van der Waals surface area (Å²) in [6.07, 6.45) is 0. The summed E-state index contributed by atoms with van der Waals surface area (Å²) in [7, 11) is 0. The number of para-hydroxylation sites is 1. The van der Waals surface area contributed by atoms with Gasteiger partial charge in [0.1, 0.15) is 0 Å². The first-order chi connectivity index (χ1) is 5.83. The zero-order valence-corrected chi connectivity index (χ0v) is 7.93. The summed E-state index contributed by atoms with van der Waals surface area (Å²) in [5, 5.41) is 10.1. The van der Waals surface area contributed by atoms with Crippen molar-refractivity contribution in [1.82, 2.24) is 4.98 Å². The molecule has 0 fully saturated rings. The SMILES string of the molecule is OCc1c(Br)[nH]c2ccccc12. The predicted octanol–water partition coefficient (Wildman–Crippen LogP) is 2.42. The highest BCUT2D eigenvalue weighted by Crippen LogP contribution is 2.25. The standard InChI is InChI=1S/C9H8BrNO/c10-9-7(5-12)6-3-1-2-4-8(6)11-9/h1-4,11-12H,5H2. The van der Waals surface area contributed by atoms with Gasteiger partial charge >= 0.3 is 0 Å². The quantitative estimate of drug-likeness (QED) is 0.769. The molecule has 2 N–H and O–H groups in total. The lowest BCUT2D eigenvalue weighted by Crippen LogP contribution is -1.79. The fourth-order valence-electron chi connectivity index (χ4n) is 1.32. The number of benzene rings is 1. The average Bonchev–Trinajstić information content (AvgIpc) is 2.40. The molecule has 0 aliphatic rings. The van der Waals surface area contributed by atoms with Crippen LogP contribution in [0.4, 0.5) is 0 Å². The average molecular weight is 226 g/mol. The summed E-state index contributed by atoms with van der Waals surface area (Å²) >= 11 is 3.35. The Kier molecular flexibility index (Phi) is 1.90. The highest BCUT2D eigenvalue weighted by atomic mass is 79.9. The smallest absolute Gasteiger partial charge is 0.0886 e. The minimum Gasteiger partial charge on any atom is -0.392 e. The molecular weight excluding hydrogens is 218 g/mol. The summed E-state index contributed by atoms with van der Waals surface area (Å²) < 4.78 is 0.867. The normalized spacial score (nSPS) is 10.8. The van der Waals surface area contributed by atoms with Gasteiger partial charge in [0.25, 0.3) is 0 Å². The summed E-state index contributed by atoms with van der Waals surface area (Å²) in [6.45, 7) is 0.0601. The van der Waals surface area contributed by atoms with Gasteiger partial charge in [-0.05, 0) is 22.0 Å². The zero-order valence-electron chi connectivity index (χ0n) is 6.34. The third-order valence-corrected chi connectivity index (χ3v) is 2.60. The second-order valence-electron chi connectivity index (χ2n) is 2.62. The molecule has 0 amide bonds. The van der Waals surface area contributed by atoms with E-state index in [1.807, 2.05) is 24.3 Å². The Hall–Kier alpha value is -0.800. The third kappa shape index (κ3) is 1.06. The van der Waals surface area contributed by atoms with E-state index in [9.17, 15) is 0 Å². The maximum absolute atomic E-state index is 9.06. The number of H-pyrrole nitrogens is 1. The Bertz CT molecular complexity index is 408. The second kappa shape index (κ2) is 2.92. The van der Waals surface area contributed by atoms with E-state index in [2.05, 4.69) is 20.9 Å².